The second kappa shape index (κ2) is 6.00. The van der Waals surface area contributed by atoms with E-state index in [-0.39, 0.29) is 5.91 Å². The van der Waals surface area contributed by atoms with Crippen LogP contribution in [0.1, 0.15) is 28.8 Å². The van der Waals surface area contributed by atoms with Crippen molar-refractivity contribution in [3.8, 4) is 0 Å². The molecule has 0 saturated carbocycles. The van der Waals surface area contributed by atoms with E-state index in [2.05, 4.69) is 5.32 Å². The number of carbonyl (C=O) groups is 2. The van der Waals surface area contributed by atoms with E-state index in [9.17, 15) is 9.59 Å². The quantitative estimate of drug-likeness (QED) is 0.703. The lowest BCUT2D eigenvalue weighted by Crippen LogP contribution is -2.17. The topological polar surface area (TPSA) is 98.2 Å². The van der Waals surface area contributed by atoms with Crippen molar-refractivity contribution < 1.29 is 9.59 Å². The zero-order chi connectivity index (χ0) is 12.8. The molecule has 1 aromatic rings. The number of primary amides is 1. The summed E-state index contributed by atoms with van der Waals surface area (Å²) in [5, 5.41) is 2.74. The van der Waals surface area contributed by atoms with E-state index in [1.807, 2.05) is 0 Å². The van der Waals surface area contributed by atoms with Crippen molar-refractivity contribution in [1.29, 1.82) is 0 Å². The molecule has 0 heterocycles. The van der Waals surface area contributed by atoms with Gasteiger partial charge in [0.05, 0.1) is 0 Å². The molecule has 0 aliphatic heterocycles. The fourth-order valence-electron chi connectivity index (χ4n) is 1.51. The molecule has 0 atom stereocenters. The lowest BCUT2D eigenvalue weighted by atomic mass is 10.1. The maximum absolute atomic E-state index is 11.5. The Morgan fingerprint density at radius 3 is 2.65 bits per heavy atom. The number of rotatable bonds is 5. The van der Waals surface area contributed by atoms with Gasteiger partial charge in [0.25, 0.3) is 0 Å². The van der Waals surface area contributed by atoms with Crippen molar-refractivity contribution in [2.24, 2.45) is 11.5 Å². The molecule has 2 amide bonds. The number of anilines is 1. The van der Waals surface area contributed by atoms with E-state index in [0.29, 0.717) is 36.2 Å². The van der Waals surface area contributed by atoms with Crippen LogP contribution in [0.25, 0.3) is 0 Å². The monoisotopic (exact) mass is 235 g/mol. The molecule has 0 bridgehead atoms. The molecule has 5 heteroatoms. The van der Waals surface area contributed by atoms with E-state index in [4.69, 9.17) is 11.5 Å². The van der Waals surface area contributed by atoms with E-state index >= 15 is 0 Å². The molecule has 0 radical (unpaired) electrons. The highest BCUT2D eigenvalue weighted by Crippen LogP contribution is 2.18. The zero-order valence-electron chi connectivity index (χ0n) is 9.82. The van der Waals surface area contributed by atoms with Gasteiger partial charge in [0.1, 0.15) is 0 Å². The highest BCUT2D eigenvalue weighted by atomic mass is 16.2. The summed E-state index contributed by atoms with van der Waals surface area (Å²) >= 11 is 0. The predicted molar refractivity (Wildman–Crippen MR) is 66.6 cm³/mol. The molecule has 0 fully saturated rings. The molecule has 92 valence electrons. The maximum atomic E-state index is 11.5. The summed E-state index contributed by atoms with van der Waals surface area (Å²) in [4.78, 5) is 22.6. The number of amides is 2. The van der Waals surface area contributed by atoms with Gasteiger partial charge in [-0.15, -0.1) is 0 Å². The molecular formula is C12H17N3O2. The van der Waals surface area contributed by atoms with Crippen LogP contribution in [0.15, 0.2) is 18.2 Å². The predicted octanol–water partition coefficient (Wildman–Crippen LogP) is 0.771. The van der Waals surface area contributed by atoms with Crippen molar-refractivity contribution in [3.63, 3.8) is 0 Å². The Bertz CT molecular complexity index is 430. The Morgan fingerprint density at radius 2 is 2.06 bits per heavy atom. The van der Waals surface area contributed by atoms with E-state index in [1.165, 1.54) is 0 Å². The van der Waals surface area contributed by atoms with Crippen molar-refractivity contribution in [2.45, 2.75) is 19.8 Å². The van der Waals surface area contributed by atoms with Crippen LogP contribution in [-0.4, -0.2) is 18.4 Å². The molecule has 5 N–H and O–H groups in total. The van der Waals surface area contributed by atoms with Gasteiger partial charge in [-0.2, -0.15) is 0 Å². The Hall–Kier alpha value is -1.88. The minimum Gasteiger partial charge on any atom is -0.366 e. The average molecular weight is 235 g/mol. The van der Waals surface area contributed by atoms with Crippen LogP contribution in [0, 0.1) is 6.92 Å². The zero-order valence-corrected chi connectivity index (χ0v) is 9.82. The molecule has 17 heavy (non-hydrogen) atoms. The van der Waals surface area contributed by atoms with Crippen LogP contribution in [0.5, 0.6) is 0 Å². The molecule has 1 aromatic carbocycles. The molecule has 0 aromatic heterocycles. The van der Waals surface area contributed by atoms with Crippen molar-refractivity contribution in [3.05, 3.63) is 29.3 Å². The van der Waals surface area contributed by atoms with Gasteiger partial charge < -0.3 is 16.8 Å². The van der Waals surface area contributed by atoms with Gasteiger partial charge in [0, 0.05) is 17.7 Å². The molecule has 1 rings (SSSR count). The van der Waals surface area contributed by atoms with E-state index in [0.717, 1.165) is 0 Å². The summed E-state index contributed by atoms with van der Waals surface area (Å²) < 4.78 is 0. The fourth-order valence-corrected chi connectivity index (χ4v) is 1.51. The Balaban J connectivity index is 2.81. The molecular weight excluding hydrogens is 218 g/mol. The summed E-state index contributed by atoms with van der Waals surface area (Å²) in [6.07, 6.45) is 1.01. The summed E-state index contributed by atoms with van der Waals surface area (Å²) in [5.74, 6) is -0.610. The highest BCUT2D eigenvalue weighted by Gasteiger charge is 2.10. The Morgan fingerprint density at radius 1 is 1.35 bits per heavy atom. The van der Waals surface area contributed by atoms with Crippen molar-refractivity contribution >= 4 is 17.5 Å². The summed E-state index contributed by atoms with van der Waals surface area (Å²) in [6.45, 7) is 2.23. The number of carbonyl (C=O) groups excluding carboxylic acids is 2. The number of hydrogen-bond donors (Lipinski definition) is 3. The normalized spacial score (nSPS) is 10.0. The SMILES string of the molecule is Cc1c(NC(=O)CCCN)cccc1C(N)=O. The summed E-state index contributed by atoms with van der Waals surface area (Å²) in [6, 6.07) is 5.06. The molecule has 5 nitrogen and oxygen atoms in total. The molecule has 0 spiro atoms. The van der Waals surface area contributed by atoms with Crippen molar-refractivity contribution in [1.82, 2.24) is 0 Å². The fraction of sp³-hybridized carbons (Fsp3) is 0.333. The van der Waals surface area contributed by atoms with E-state index < -0.39 is 5.91 Å². The van der Waals surface area contributed by atoms with E-state index in [1.54, 1.807) is 25.1 Å². The number of nitrogens with two attached hydrogens (primary N) is 2. The summed E-state index contributed by atoms with van der Waals surface area (Å²) in [5.41, 5.74) is 12.3. The van der Waals surface area contributed by atoms with Gasteiger partial charge >= 0.3 is 0 Å². The summed E-state index contributed by atoms with van der Waals surface area (Å²) in [7, 11) is 0. The minimum atomic E-state index is -0.499. The third-order valence-electron chi connectivity index (χ3n) is 2.48. The first-order chi connectivity index (χ1) is 8.06. The number of hydrogen-bond acceptors (Lipinski definition) is 3. The second-order valence-electron chi connectivity index (χ2n) is 3.78. The largest absolute Gasteiger partial charge is 0.366 e. The third kappa shape index (κ3) is 3.57. The van der Waals surface area contributed by atoms with Crippen LogP contribution < -0.4 is 16.8 Å². The third-order valence-corrected chi connectivity index (χ3v) is 2.48. The van der Waals surface area contributed by atoms with Crippen LogP contribution in [0.3, 0.4) is 0 Å². The van der Waals surface area contributed by atoms with Gasteiger partial charge in [-0.25, -0.2) is 0 Å². The first kappa shape index (κ1) is 13.2. The Labute approximate surface area is 100 Å². The first-order valence-electron chi connectivity index (χ1n) is 5.45. The molecule has 0 saturated heterocycles. The Kier molecular flexibility index (Phi) is 4.66. The second-order valence-corrected chi connectivity index (χ2v) is 3.78. The molecule has 0 aliphatic rings. The van der Waals surface area contributed by atoms with Crippen LogP contribution in [-0.2, 0) is 4.79 Å². The first-order valence-corrected chi connectivity index (χ1v) is 5.45. The smallest absolute Gasteiger partial charge is 0.249 e. The minimum absolute atomic E-state index is 0.111. The van der Waals surface area contributed by atoms with Gasteiger partial charge in [-0.05, 0) is 37.6 Å². The average Bonchev–Trinajstić information content (AvgIpc) is 2.28. The van der Waals surface area contributed by atoms with Gasteiger partial charge in [0.15, 0.2) is 0 Å². The van der Waals surface area contributed by atoms with Gasteiger partial charge in [0.2, 0.25) is 11.8 Å². The van der Waals surface area contributed by atoms with Crippen LogP contribution in [0.4, 0.5) is 5.69 Å². The van der Waals surface area contributed by atoms with Crippen molar-refractivity contribution in [2.75, 3.05) is 11.9 Å². The number of benzene rings is 1. The molecule has 0 aliphatic carbocycles. The lowest BCUT2D eigenvalue weighted by Gasteiger charge is -2.10. The van der Waals surface area contributed by atoms with Crippen LogP contribution >= 0.6 is 0 Å². The maximum Gasteiger partial charge on any atom is 0.249 e. The lowest BCUT2D eigenvalue weighted by molar-refractivity contribution is -0.116. The van der Waals surface area contributed by atoms with Gasteiger partial charge in [-0.1, -0.05) is 6.07 Å². The number of nitrogens with one attached hydrogen (secondary N) is 1. The van der Waals surface area contributed by atoms with Crippen LogP contribution in [0.2, 0.25) is 0 Å². The van der Waals surface area contributed by atoms with Gasteiger partial charge in [-0.3, -0.25) is 9.59 Å². The molecule has 0 unspecified atom stereocenters. The highest BCUT2D eigenvalue weighted by molar-refractivity contribution is 5.98. The standard InChI is InChI=1S/C12H17N3O2/c1-8-9(12(14)17)4-2-5-10(8)15-11(16)6-3-7-13/h2,4-5H,3,6-7,13H2,1H3,(H2,14,17)(H,15,16).